The van der Waals surface area contributed by atoms with Gasteiger partial charge in [-0.3, -0.25) is 4.55 Å². The number of unbranched alkanes of at least 4 members (excludes halogenated alkanes) is 17. The molecule has 0 aliphatic rings. The van der Waals surface area contributed by atoms with Crippen molar-refractivity contribution < 1.29 is 49.1 Å². The van der Waals surface area contributed by atoms with Crippen molar-refractivity contribution in [1.82, 2.24) is 0 Å². The van der Waals surface area contributed by atoms with Gasteiger partial charge in [-0.2, -0.15) is 8.42 Å². The molecule has 1 atom stereocenters. The Kier molecular flexibility index (Phi) is 25.0. The Labute approximate surface area is 199 Å². The second kappa shape index (κ2) is 22.6. The molecular weight excluding hydrogens is 383 g/mol. The van der Waals surface area contributed by atoms with E-state index < -0.39 is 22.0 Å². The van der Waals surface area contributed by atoms with Gasteiger partial charge in [0.05, 0.1) is 6.10 Å². The van der Waals surface area contributed by atoms with Crippen LogP contribution in [0.3, 0.4) is 0 Å². The third-order valence-electron chi connectivity index (χ3n) is 5.29. The van der Waals surface area contributed by atoms with Crippen LogP contribution in [0, 0.1) is 0 Å². The van der Waals surface area contributed by atoms with Gasteiger partial charge in [-0.1, -0.05) is 122 Å². The maximum Gasteiger partial charge on any atom is 1.00 e. The molecule has 0 rings (SSSR count). The molecule has 0 aliphatic heterocycles. The minimum absolute atomic E-state index is 0. The second-order valence-electron chi connectivity index (χ2n) is 8.20. The summed E-state index contributed by atoms with van der Waals surface area (Å²) in [5.74, 6) is -0.536. The molecule has 0 radical (unpaired) electrons. The van der Waals surface area contributed by atoms with Crippen LogP contribution in [0.5, 0.6) is 0 Å². The summed E-state index contributed by atoms with van der Waals surface area (Å²) < 4.78 is 29.9. The fourth-order valence-electron chi connectivity index (χ4n) is 3.61. The third kappa shape index (κ3) is 26.9. The molecule has 0 bridgehead atoms. The zero-order valence-electron chi connectivity index (χ0n) is 19.8. The number of aliphatic hydroxyl groups excluding tert-OH is 1. The molecule has 0 aliphatic carbocycles. The first-order chi connectivity index (χ1) is 13.0. The zero-order chi connectivity index (χ0) is 20.2. The van der Waals surface area contributed by atoms with Gasteiger partial charge in [0.25, 0.3) is 10.1 Å². The molecule has 166 valence electrons. The molecule has 0 fully saturated rings. The number of aliphatic hydroxyl groups is 1. The predicted octanol–water partition coefficient (Wildman–Crippen LogP) is 3.78. The summed E-state index contributed by atoms with van der Waals surface area (Å²) in [7, 11) is -4.05. The summed E-state index contributed by atoms with van der Waals surface area (Å²) in [5, 5.41) is 9.48. The van der Waals surface area contributed by atoms with Crippen molar-refractivity contribution in [2.45, 2.75) is 135 Å². The van der Waals surface area contributed by atoms with Gasteiger partial charge in [-0.25, -0.2) is 0 Å². The Morgan fingerprint density at radius 3 is 1.21 bits per heavy atom. The molecule has 0 aromatic rings. The molecule has 2 N–H and O–H groups in total. The summed E-state index contributed by atoms with van der Waals surface area (Å²) in [4.78, 5) is 0. The number of rotatable bonds is 21. The van der Waals surface area contributed by atoms with Gasteiger partial charge in [-0.05, 0) is 6.42 Å². The van der Waals surface area contributed by atoms with Gasteiger partial charge in [0.1, 0.15) is 5.75 Å². The second-order valence-corrected chi connectivity index (χ2v) is 9.70. The van der Waals surface area contributed by atoms with Crippen molar-refractivity contribution in [2.24, 2.45) is 0 Å². The fraction of sp³-hybridized carbons (Fsp3) is 1.00. The Bertz CT molecular complexity index is 408. The third-order valence-corrected chi connectivity index (χ3v) is 6.10. The molecule has 0 saturated carbocycles. The van der Waals surface area contributed by atoms with Crippen LogP contribution >= 0.6 is 0 Å². The van der Waals surface area contributed by atoms with Gasteiger partial charge in [0.2, 0.25) is 0 Å². The summed E-state index contributed by atoms with van der Waals surface area (Å²) in [6.45, 7) is 2.27. The van der Waals surface area contributed by atoms with E-state index in [1.165, 1.54) is 96.3 Å². The van der Waals surface area contributed by atoms with Gasteiger partial charge in [0, 0.05) is 0 Å². The predicted molar refractivity (Wildman–Crippen MR) is 117 cm³/mol. The van der Waals surface area contributed by atoms with Crippen molar-refractivity contribution in [3.63, 3.8) is 0 Å². The molecule has 1 unspecified atom stereocenters. The van der Waals surface area contributed by atoms with Crippen molar-refractivity contribution in [1.29, 1.82) is 0 Å². The van der Waals surface area contributed by atoms with Crippen LogP contribution in [0.2, 0.25) is 0 Å². The largest absolute Gasteiger partial charge is 1.00 e. The summed E-state index contributed by atoms with van der Waals surface area (Å²) in [6.07, 6.45) is 23.2. The van der Waals surface area contributed by atoms with Crippen molar-refractivity contribution >= 4 is 10.1 Å². The Hall–Kier alpha value is 0.870. The summed E-state index contributed by atoms with van der Waals surface area (Å²) in [5.41, 5.74) is 0. The van der Waals surface area contributed by atoms with Crippen LogP contribution in [0.1, 0.15) is 130 Å². The molecule has 4 nitrogen and oxygen atoms in total. The maximum atomic E-state index is 10.6. The molecule has 0 aromatic heterocycles. The van der Waals surface area contributed by atoms with E-state index in [1.54, 1.807) is 0 Å². The van der Waals surface area contributed by atoms with E-state index >= 15 is 0 Å². The van der Waals surface area contributed by atoms with E-state index in [0.717, 1.165) is 19.3 Å². The molecule has 0 spiro atoms. The van der Waals surface area contributed by atoms with E-state index in [0.29, 0.717) is 6.42 Å². The Balaban J connectivity index is -0.00000338. The smallest absolute Gasteiger partial charge is 1.00 e. The van der Waals surface area contributed by atoms with Crippen LogP contribution < -0.4 is 29.6 Å². The van der Waals surface area contributed by atoms with Crippen LogP contribution in [0.15, 0.2) is 0 Å². The quantitative estimate of drug-likeness (QED) is 0.165. The molecule has 0 aromatic carbocycles. The molecule has 0 amide bonds. The van der Waals surface area contributed by atoms with Crippen molar-refractivity contribution in [3.8, 4) is 0 Å². The molecule has 6 heteroatoms. The topological polar surface area (TPSA) is 74.6 Å². The van der Waals surface area contributed by atoms with Gasteiger partial charge < -0.3 is 6.53 Å². The molecular formula is C22H47NaO4S. The van der Waals surface area contributed by atoms with E-state index in [-0.39, 0.29) is 31.0 Å². The van der Waals surface area contributed by atoms with Crippen molar-refractivity contribution in [2.75, 3.05) is 5.75 Å². The first-order valence-electron chi connectivity index (χ1n) is 11.6. The monoisotopic (exact) mass is 430 g/mol. The van der Waals surface area contributed by atoms with Gasteiger partial charge in [-0.15, -0.1) is 0 Å². The molecule has 0 heterocycles. The van der Waals surface area contributed by atoms with E-state index in [9.17, 15) is 13.5 Å². The number of hydrogen-bond donors (Lipinski definition) is 2. The Morgan fingerprint density at radius 1 is 0.643 bits per heavy atom. The summed E-state index contributed by atoms with van der Waals surface area (Å²) >= 11 is 0. The van der Waals surface area contributed by atoms with Gasteiger partial charge >= 0.3 is 29.6 Å². The van der Waals surface area contributed by atoms with Crippen molar-refractivity contribution in [3.05, 3.63) is 0 Å². The van der Waals surface area contributed by atoms with E-state index in [1.807, 2.05) is 0 Å². The summed E-state index contributed by atoms with van der Waals surface area (Å²) in [6, 6.07) is 0. The van der Waals surface area contributed by atoms with Crippen LogP contribution in [0.25, 0.3) is 0 Å². The SMILES string of the molecule is CCCCCCCCCCCCCCCCCCCCC(O)CS(=O)(=O)O.[H-].[Na+]. The first kappa shape index (κ1) is 31.1. The maximum absolute atomic E-state index is 10.6. The molecule has 28 heavy (non-hydrogen) atoms. The average molecular weight is 431 g/mol. The average Bonchev–Trinajstić information content (AvgIpc) is 2.59. The van der Waals surface area contributed by atoms with E-state index in [4.69, 9.17) is 4.55 Å². The zero-order valence-corrected chi connectivity index (χ0v) is 21.7. The van der Waals surface area contributed by atoms with Crippen LogP contribution in [0.4, 0.5) is 0 Å². The van der Waals surface area contributed by atoms with Crippen LogP contribution in [-0.2, 0) is 10.1 Å². The van der Waals surface area contributed by atoms with Crippen LogP contribution in [-0.4, -0.2) is 29.9 Å². The standard InChI is InChI=1S/C22H46O4S.Na.H/c1-2-3-4-5-6-7-8-9-10-11-12-13-14-15-16-17-18-19-20-22(23)21-27(24,25)26;;/h22-23H,2-21H2,1H3,(H,24,25,26);;/q;+1;-1. The minimum atomic E-state index is -4.05. The number of hydrogen-bond acceptors (Lipinski definition) is 3. The normalized spacial score (nSPS) is 12.7. The minimum Gasteiger partial charge on any atom is -1.00 e. The fourth-order valence-corrected chi connectivity index (χ4v) is 4.26. The first-order valence-corrected chi connectivity index (χ1v) is 13.2. The molecule has 0 saturated heterocycles. The van der Waals surface area contributed by atoms with Gasteiger partial charge in [0.15, 0.2) is 0 Å². The van der Waals surface area contributed by atoms with E-state index in [2.05, 4.69) is 6.92 Å². The Morgan fingerprint density at radius 2 is 0.929 bits per heavy atom.